The van der Waals surface area contributed by atoms with E-state index in [4.69, 9.17) is 0 Å². The maximum absolute atomic E-state index is 9.75. The summed E-state index contributed by atoms with van der Waals surface area (Å²) in [5.74, 6) is 0. The number of unbranched alkanes of at least 4 members (excludes halogenated alkanes) is 1. The highest BCUT2D eigenvalue weighted by Crippen LogP contribution is 2.55. The van der Waals surface area contributed by atoms with Crippen LogP contribution in [0.3, 0.4) is 0 Å². The fraction of sp³-hybridized carbons (Fsp3) is 0.182. The van der Waals surface area contributed by atoms with Crippen molar-refractivity contribution in [1.82, 2.24) is 0 Å². The second-order valence-electron chi connectivity index (χ2n) is 6.39. The molecule has 0 heterocycles. The molecule has 156 valence electrons. The lowest BCUT2D eigenvalue weighted by Gasteiger charge is -2.27. The predicted octanol–water partition coefficient (Wildman–Crippen LogP) is 5.26. The van der Waals surface area contributed by atoms with Gasteiger partial charge in [-0.3, -0.25) is 0 Å². The Kier molecular flexibility index (Phi) is 10.1. The summed E-state index contributed by atoms with van der Waals surface area (Å²) in [6.45, 7) is 2.29. The lowest BCUT2D eigenvalue weighted by molar-refractivity contribution is 0.368. The van der Waals surface area contributed by atoms with E-state index >= 15 is 0 Å². The first-order valence-corrected chi connectivity index (χ1v) is 11.3. The van der Waals surface area contributed by atoms with E-state index in [-0.39, 0.29) is 5.48 Å². The molecule has 0 aromatic heterocycles. The molecule has 0 spiro atoms. The molecule has 3 rings (SSSR count). The van der Waals surface area contributed by atoms with Crippen LogP contribution in [0.4, 0.5) is 17.3 Å². The van der Waals surface area contributed by atoms with Gasteiger partial charge in [-0.25, -0.2) is 0 Å². The molecule has 29 heavy (non-hydrogen) atoms. The van der Waals surface area contributed by atoms with Crippen molar-refractivity contribution in [3.63, 3.8) is 0 Å². The topological polar surface area (TPSA) is 31.5 Å². The van der Waals surface area contributed by atoms with Crippen LogP contribution in [-0.2, 0) is 0 Å². The monoisotopic (exact) mass is 424 g/mol. The highest BCUT2D eigenvalue weighted by atomic mass is 31.2. The van der Waals surface area contributed by atoms with Crippen LogP contribution < -0.4 is 15.9 Å². The third-order valence-electron chi connectivity index (χ3n) is 4.44. The van der Waals surface area contributed by atoms with Crippen LogP contribution in [-0.4, -0.2) is 18.9 Å². The Hall–Kier alpha value is -2.17. The van der Waals surface area contributed by atoms with Gasteiger partial charge in [0.1, 0.15) is 23.2 Å². The molecule has 2 N–H and O–H groups in total. The molecule has 0 saturated heterocycles. The molecule has 0 atom stereocenters. The van der Waals surface area contributed by atoms with Gasteiger partial charge >= 0.3 is 7.25 Å². The summed E-state index contributed by atoms with van der Waals surface area (Å²) in [4.78, 5) is 0. The summed E-state index contributed by atoms with van der Waals surface area (Å²) in [6, 6.07) is 33.4. The standard InChI is InChI=1S/C22H24P.BF4.H2O/c1-2-3-19-23(20-13-7-4-8-14-20,21-15-9-5-10-16-21)22-17-11-6-12-18-22;2-1(3,4)5;/h4-18H,2-3,19H2,1H3;;1H2/q+1;-1;. The highest BCUT2D eigenvalue weighted by molar-refractivity contribution is 7.95. The molecule has 0 aliphatic heterocycles. The average Bonchev–Trinajstić information content (AvgIpc) is 2.70. The van der Waals surface area contributed by atoms with Crippen molar-refractivity contribution in [2.45, 2.75) is 19.8 Å². The van der Waals surface area contributed by atoms with E-state index in [1.54, 1.807) is 0 Å². The number of hydrogen-bond acceptors (Lipinski definition) is 0. The highest BCUT2D eigenvalue weighted by Gasteiger charge is 2.44. The maximum Gasteiger partial charge on any atom is 0.673 e. The molecular formula is C22H26BF4OP. The van der Waals surface area contributed by atoms with E-state index in [1.165, 1.54) is 34.9 Å². The first-order chi connectivity index (χ1) is 13.4. The Bertz CT molecular complexity index is 712. The van der Waals surface area contributed by atoms with Crippen LogP contribution in [0.15, 0.2) is 91.0 Å². The molecule has 0 aliphatic carbocycles. The first kappa shape index (κ1) is 24.9. The van der Waals surface area contributed by atoms with Gasteiger partial charge in [0.2, 0.25) is 0 Å². The first-order valence-electron chi connectivity index (χ1n) is 9.30. The number of hydrogen-bond donors (Lipinski definition) is 0. The van der Waals surface area contributed by atoms with Crippen molar-refractivity contribution < 1.29 is 22.7 Å². The second-order valence-corrected chi connectivity index (χ2v) is 10.0. The lowest BCUT2D eigenvalue weighted by Crippen LogP contribution is -2.33. The Morgan fingerprint density at radius 2 is 0.897 bits per heavy atom. The van der Waals surface area contributed by atoms with Crippen molar-refractivity contribution in [3.05, 3.63) is 91.0 Å². The van der Waals surface area contributed by atoms with E-state index in [0.29, 0.717) is 0 Å². The predicted molar refractivity (Wildman–Crippen MR) is 119 cm³/mol. The molecule has 0 bridgehead atoms. The summed E-state index contributed by atoms with van der Waals surface area (Å²) >= 11 is 0. The normalized spacial score (nSPS) is 11.1. The summed E-state index contributed by atoms with van der Waals surface area (Å²) in [7, 11) is -7.57. The number of halogens is 4. The zero-order chi connectivity index (χ0) is 20.5. The van der Waals surface area contributed by atoms with E-state index in [1.807, 2.05) is 0 Å². The molecule has 0 amide bonds. The van der Waals surface area contributed by atoms with Gasteiger partial charge < -0.3 is 22.7 Å². The van der Waals surface area contributed by atoms with Gasteiger partial charge in [0, 0.05) is 0 Å². The summed E-state index contributed by atoms with van der Waals surface area (Å²) in [5.41, 5.74) is 0. The van der Waals surface area contributed by atoms with Gasteiger partial charge in [0.25, 0.3) is 0 Å². The van der Waals surface area contributed by atoms with Gasteiger partial charge in [-0.15, -0.1) is 0 Å². The van der Waals surface area contributed by atoms with E-state index in [2.05, 4.69) is 97.9 Å². The van der Waals surface area contributed by atoms with E-state index < -0.39 is 14.5 Å². The van der Waals surface area contributed by atoms with E-state index in [9.17, 15) is 17.3 Å². The molecule has 0 aliphatic rings. The zero-order valence-electron chi connectivity index (χ0n) is 16.3. The van der Waals surface area contributed by atoms with Crippen LogP contribution in [0.25, 0.3) is 0 Å². The summed E-state index contributed by atoms with van der Waals surface area (Å²) in [6.07, 6.45) is 3.72. The molecule has 3 aromatic carbocycles. The van der Waals surface area contributed by atoms with Crippen molar-refractivity contribution >= 4 is 30.4 Å². The Morgan fingerprint density at radius 1 is 0.621 bits per heavy atom. The minimum absolute atomic E-state index is 0. The molecule has 1 nitrogen and oxygen atoms in total. The zero-order valence-corrected chi connectivity index (χ0v) is 17.2. The van der Waals surface area contributed by atoms with E-state index in [0.717, 1.165) is 0 Å². The van der Waals surface area contributed by atoms with Gasteiger partial charge in [-0.1, -0.05) is 67.9 Å². The van der Waals surface area contributed by atoms with Gasteiger partial charge in [-0.05, 0) is 42.8 Å². The third-order valence-corrected chi connectivity index (χ3v) is 8.96. The minimum atomic E-state index is -6.00. The van der Waals surface area contributed by atoms with Gasteiger partial charge in [0.15, 0.2) is 0 Å². The van der Waals surface area contributed by atoms with Crippen molar-refractivity contribution in [3.8, 4) is 0 Å². The fourth-order valence-corrected chi connectivity index (χ4v) is 7.78. The van der Waals surface area contributed by atoms with Crippen LogP contribution in [0.5, 0.6) is 0 Å². The Balaban J connectivity index is 0.000000628. The molecule has 0 unspecified atom stereocenters. The van der Waals surface area contributed by atoms with Crippen LogP contribution in [0.1, 0.15) is 19.8 Å². The van der Waals surface area contributed by atoms with Crippen molar-refractivity contribution in [2.24, 2.45) is 0 Å². The lowest BCUT2D eigenvalue weighted by atomic mass is 10.3. The average molecular weight is 424 g/mol. The summed E-state index contributed by atoms with van der Waals surface area (Å²) in [5, 5.41) is 4.47. The number of rotatable bonds is 6. The fourth-order valence-electron chi connectivity index (χ4n) is 3.28. The molecule has 0 saturated carbocycles. The molecule has 7 heteroatoms. The largest absolute Gasteiger partial charge is 0.673 e. The van der Waals surface area contributed by atoms with Gasteiger partial charge in [-0.2, -0.15) is 0 Å². The Labute approximate surface area is 170 Å². The van der Waals surface area contributed by atoms with Crippen molar-refractivity contribution in [1.29, 1.82) is 0 Å². The van der Waals surface area contributed by atoms with Crippen LogP contribution in [0, 0.1) is 0 Å². The van der Waals surface area contributed by atoms with Crippen LogP contribution in [0.2, 0.25) is 0 Å². The van der Waals surface area contributed by atoms with Crippen LogP contribution >= 0.6 is 7.26 Å². The van der Waals surface area contributed by atoms with Crippen molar-refractivity contribution in [2.75, 3.05) is 6.16 Å². The molecule has 0 fully saturated rings. The second kappa shape index (κ2) is 11.7. The molecule has 0 radical (unpaired) electrons. The smallest absolute Gasteiger partial charge is 0.418 e. The Morgan fingerprint density at radius 3 is 1.14 bits per heavy atom. The molecule has 3 aromatic rings. The quantitative estimate of drug-likeness (QED) is 0.294. The maximum atomic E-state index is 9.75. The number of benzene rings is 3. The third kappa shape index (κ3) is 7.30. The molecular weight excluding hydrogens is 398 g/mol. The minimum Gasteiger partial charge on any atom is -0.418 e. The van der Waals surface area contributed by atoms with Gasteiger partial charge in [0.05, 0.1) is 6.16 Å². The SMILES string of the molecule is CCCC[P+](c1ccccc1)(c1ccccc1)c1ccccc1.F[B-](F)(F)F.O. The summed E-state index contributed by atoms with van der Waals surface area (Å²) < 4.78 is 39.0.